The zero-order valence-corrected chi connectivity index (χ0v) is 13.3. The molecule has 23 heavy (non-hydrogen) atoms. The van der Waals surface area contributed by atoms with Gasteiger partial charge in [0.05, 0.1) is 5.71 Å². The molecule has 0 aromatic heterocycles. The van der Waals surface area contributed by atoms with Crippen molar-refractivity contribution in [3.8, 4) is 0 Å². The van der Waals surface area contributed by atoms with Crippen LogP contribution < -0.4 is 10.7 Å². The van der Waals surface area contributed by atoms with E-state index in [0.29, 0.717) is 0 Å². The highest BCUT2D eigenvalue weighted by molar-refractivity contribution is 6.07. The number of hydrazone groups is 1. The summed E-state index contributed by atoms with van der Waals surface area (Å²) in [5.41, 5.74) is 6.84. The predicted octanol–water partition coefficient (Wildman–Crippen LogP) is 2.46. The lowest BCUT2D eigenvalue weighted by Crippen LogP contribution is -2.39. The molecule has 1 aromatic carbocycles. The van der Waals surface area contributed by atoms with Crippen LogP contribution >= 0.6 is 0 Å². The average molecular weight is 311 g/mol. The van der Waals surface area contributed by atoms with E-state index in [1.54, 1.807) is 0 Å². The maximum atomic E-state index is 12.0. The zero-order valence-electron chi connectivity index (χ0n) is 13.3. The van der Waals surface area contributed by atoms with Crippen LogP contribution in [0.15, 0.2) is 23.3 Å². The maximum absolute atomic E-state index is 12.0. The number of fused-ring (bicyclic) bond motifs is 2. The number of carbonyl (C=O) groups is 2. The van der Waals surface area contributed by atoms with Gasteiger partial charge in [-0.15, -0.1) is 0 Å². The van der Waals surface area contributed by atoms with Gasteiger partial charge in [-0.3, -0.25) is 9.59 Å². The Kier molecular flexibility index (Phi) is 3.43. The molecule has 2 amide bonds. The Morgan fingerprint density at radius 1 is 1.17 bits per heavy atom. The summed E-state index contributed by atoms with van der Waals surface area (Å²) in [4.78, 5) is 23.9. The Morgan fingerprint density at radius 3 is 2.83 bits per heavy atom. The van der Waals surface area contributed by atoms with Gasteiger partial charge >= 0.3 is 0 Å². The molecule has 0 saturated heterocycles. The van der Waals surface area contributed by atoms with E-state index >= 15 is 0 Å². The number of hydrogen-bond donors (Lipinski definition) is 2. The molecule has 1 saturated carbocycles. The van der Waals surface area contributed by atoms with Crippen LogP contribution in [0, 0.1) is 17.8 Å². The Labute approximate surface area is 135 Å². The van der Waals surface area contributed by atoms with Crippen molar-refractivity contribution in [3.05, 3.63) is 29.3 Å². The molecule has 1 fully saturated rings. The quantitative estimate of drug-likeness (QED) is 0.881. The summed E-state index contributed by atoms with van der Waals surface area (Å²) in [6, 6.07) is 6.12. The molecule has 2 aliphatic heterocycles. The van der Waals surface area contributed by atoms with Crippen LogP contribution in [0.2, 0.25) is 0 Å². The summed E-state index contributed by atoms with van der Waals surface area (Å²) in [5, 5.41) is 7.35. The molecule has 1 aromatic rings. The predicted molar refractivity (Wildman–Crippen MR) is 88.1 cm³/mol. The van der Waals surface area contributed by atoms with Gasteiger partial charge in [-0.05, 0) is 48.9 Å². The lowest BCUT2D eigenvalue weighted by molar-refractivity contribution is -0.126. The molecule has 3 aliphatic rings. The van der Waals surface area contributed by atoms with Gasteiger partial charge in [0.15, 0.2) is 0 Å². The second-order valence-corrected chi connectivity index (χ2v) is 6.79. The number of nitrogens with zero attached hydrogens (tertiary/aromatic N) is 1. The van der Waals surface area contributed by atoms with Gasteiger partial charge in [0, 0.05) is 23.4 Å². The molecule has 4 rings (SSSR count). The lowest BCUT2D eigenvalue weighted by Gasteiger charge is -2.27. The first-order valence-corrected chi connectivity index (χ1v) is 8.49. The van der Waals surface area contributed by atoms with Gasteiger partial charge in [0.2, 0.25) is 11.8 Å². The highest BCUT2D eigenvalue weighted by atomic mass is 16.2. The Bertz CT molecular complexity index is 710. The molecule has 2 heterocycles. The normalized spacial score (nSPS) is 29.3. The minimum atomic E-state index is 0.0463. The van der Waals surface area contributed by atoms with Crippen LogP contribution in [0.5, 0.6) is 0 Å². The van der Waals surface area contributed by atoms with Gasteiger partial charge in [-0.25, -0.2) is 5.43 Å². The van der Waals surface area contributed by atoms with Crippen molar-refractivity contribution in [2.45, 2.75) is 39.0 Å². The molecule has 3 atom stereocenters. The molecular weight excluding hydrogens is 290 g/mol. The van der Waals surface area contributed by atoms with E-state index in [-0.39, 0.29) is 29.6 Å². The molecule has 120 valence electrons. The van der Waals surface area contributed by atoms with Crippen molar-refractivity contribution in [2.24, 2.45) is 22.9 Å². The van der Waals surface area contributed by atoms with Crippen molar-refractivity contribution in [2.75, 3.05) is 5.32 Å². The van der Waals surface area contributed by atoms with E-state index in [1.807, 2.05) is 19.1 Å². The van der Waals surface area contributed by atoms with Crippen LogP contribution in [-0.2, 0) is 16.0 Å². The Hall–Kier alpha value is -2.17. The van der Waals surface area contributed by atoms with Gasteiger partial charge in [0.1, 0.15) is 0 Å². The summed E-state index contributed by atoms with van der Waals surface area (Å²) in [5.74, 6) is 0.534. The largest absolute Gasteiger partial charge is 0.326 e. The minimum Gasteiger partial charge on any atom is -0.326 e. The molecule has 1 aliphatic carbocycles. The van der Waals surface area contributed by atoms with Gasteiger partial charge in [-0.1, -0.05) is 19.4 Å². The van der Waals surface area contributed by atoms with Crippen molar-refractivity contribution in [1.82, 2.24) is 5.43 Å². The smallest absolute Gasteiger partial charge is 0.243 e. The zero-order chi connectivity index (χ0) is 16.0. The first-order valence-electron chi connectivity index (χ1n) is 8.49. The van der Waals surface area contributed by atoms with Crippen molar-refractivity contribution < 1.29 is 9.59 Å². The SMILES string of the molecule is CCC1Cc2cc(C3=NNC(=O)C4CCCC34)ccc2NC1=O. The maximum Gasteiger partial charge on any atom is 0.243 e. The first-order chi connectivity index (χ1) is 11.2. The van der Waals surface area contributed by atoms with Crippen LogP contribution in [0.3, 0.4) is 0 Å². The van der Waals surface area contributed by atoms with Crippen LogP contribution in [0.4, 0.5) is 5.69 Å². The number of carbonyl (C=O) groups excluding carboxylic acids is 2. The van der Waals surface area contributed by atoms with Gasteiger partial charge in [-0.2, -0.15) is 5.10 Å². The minimum absolute atomic E-state index is 0.0463. The van der Waals surface area contributed by atoms with Crippen LogP contribution in [0.25, 0.3) is 0 Å². The van der Waals surface area contributed by atoms with Crippen LogP contribution in [0.1, 0.15) is 43.7 Å². The molecule has 0 radical (unpaired) electrons. The van der Waals surface area contributed by atoms with E-state index in [9.17, 15) is 9.59 Å². The molecule has 0 spiro atoms. The highest BCUT2D eigenvalue weighted by Gasteiger charge is 2.39. The monoisotopic (exact) mass is 311 g/mol. The van der Waals surface area contributed by atoms with E-state index in [1.165, 1.54) is 5.56 Å². The molecule has 3 unspecified atom stereocenters. The number of benzene rings is 1. The Balaban J connectivity index is 1.68. The summed E-state index contributed by atoms with van der Waals surface area (Å²) in [6.45, 7) is 2.04. The molecular formula is C18H21N3O2. The molecule has 5 nitrogen and oxygen atoms in total. The van der Waals surface area contributed by atoms with E-state index < -0.39 is 0 Å². The third-order valence-electron chi connectivity index (χ3n) is 5.48. The average Bonchev–Trinajstić information content (AvgIpc) is 3.05. The van der Waals surface area contributed by atoms with E-state index in [4.69, 9.17) is 0 Å². The van der Waals surface area contributed by atoms with Crippen molar-refractivity contribution in [3.63, 3.8) is 0 Å². The second-order valence-electron chi connectivity index (χ2n) is 6.79. The first kappa shape index (κ1) is 14.4. The molecule has 0 bridgehead atoms. The number of nitrogens with one attached hydrogen (secondary N) is 2. The van der Waals surface area contributed by atoms with E-state index in [2.05, 4.69) is 21.9 Å². The van der Waals surface area contributed by atoms with Gasteiger partial charge in [0.25, 0.3) is 0 Å². The van der Waals surface area contributed by atoms with Crippen molar-refractivity contribution >= 4 is 23.2 Å². The number of hydrogen-bond acceptors (Lipinski definition) is 3. The topological polar surface area (TPSA) is 70.6 Å². The second kappa shape index (κ2) is 5.48. The summed E-state index contributed by atoms with van der Waals surface area (Å²) >= 11 is 0. The fraction of sp³-hybridized carbons (Fsp3) is 0.500. The number of rotatable bonds is 2. The van der Waals surface area contributed by atoms with Gasteiger partial charge < -0.3 is 5.32 Å². The number of amides is 2. The Morgan fingerprint density at radius 2 is 2.00 bits per heavy atom. The fourth-order valence-corrected chi connectivity index (χ4v) is 4.13. The van der Waals surface area contributed by atoms with Crippen LogP contribution in [-0.4, -0.2) is 17.5 Å². The summed E-state index contributed by atoms with van der Waals surface area (Å²) in [7, 11) is 0. The van der Waals surface area contributed by atoms with Crippen molar-refractivity contribution in [1.29, 1.82) is 0 Å². The number of anilines is 1. The highest BCUT2D eigenvalue weighted by Crippen LogP contribution is 2.37. The standard InChI is InChI=1S/C18H21N3O2/c1-2-10-8-12-9-11(6-7-15(12)19-17(10)22)16-13-4-3-5-14(13)18(23)21-20-16/h6-7,9-10,13-14H,2-5,8H2,1H3,(H,19,22)(H,21,23). The molecule has 5 heteroatoms. The lowest BCUT2D eigenvalue weighted by atomic mass is 9.84. The third kappa shape index (κ3) is 2.35. The molecule has 2 N–H and O–H groups in total. The summed E-state index contributed by atoms with van der Waals surface area (Å²) < 4.78 is 0. The third-order valence-corrected chi connectivity index (χ3v) is 5.48. The van der Waals surface area contributed by atoms with E-state index in [0.717, 1.165) is 49.1 Å². The fourth-order valence-electron chi connectivity index (χ4n) is 4.13. The summed E-state index contributed by atoms with van der Waals surface area (Å²) in [6.07, 6.45) is 4.69.